The predicted molar refractivity (Wildman–Crippen MR) is 164 cm³/mol. The van der Waals surface area contributed by atoms with E-state index in [9.17, 15) is 54.0 Å². The average molecular weight is 661 g/mol. The number of aliphatic carboxylic acids is 4. The van der Waals surface area contributed by atoms with Gasteiger partial charge in [-0.25, -0.2) is 0 Å². The lowest BCUT2D eigenvalue weighted by Gasteiger charge is -2.37. The highest BCUT2D eigenvalue weighted by molar-refractivity contribution is 6.13. The van der Waals surface area contributed by atoms with Gasteiger partial charge in [-0.05, 0) is 24.1 Å². The Kier molecular flexibility index (Phi) is 14.0. The van der Waals surface area contributed by atoms with E-state index >= 15 is 0 Å². The molecule has 3 rings (SSSR count). The summed E-state index contributed by atoms with van der Waals surface area (Å²) in [5.41, 5.74) is 1.20. The molecule has 2 aliphatic rings. The number of nitrogens with zero attached hydrogens (tertiary/aromatic N) is 5. The molecular weight excluding hydrogens is 620 g/mol. The maximum Gasteiger partial charge on any atom is 0.317 e. The van der Waals surface area contributed by atoms with Crippen molar-refractivity contribution in [2.75, 3.05) is 83.9 Å². The fourth-order valence-electron chi connectivity index (χ4n) is 5.44. The number of benzene rings is 1. The number of imide groups is 1. The highest BCUT2D eigenvalue weighted by atomic mass is 16.4. The summed E-state index contributed by atoms with van der Waals surface area (Å²) in [5, 5.41) is 40.9. The molecule has 1 fully saturated rings. The molecule has 2 heterocycles. The molecule has 2 aliphatic heterocycles. The lowest BCUT2D eigenvalue weighted by atomic mass is 10.0. The van der Waals surface area contributed by atoms with Crippen molar-refractivity contribution in [3.8, 4) is 0 Å². The Bertz CT molecular complexity index is 1330. The zero-order valence-electron chi connectivity index (χ0n) is 25.8. The molecule has 47 heavy (non-hydrogen) atoms. The second kappa shape index (κ2) is 17.8. The Labute approximate surface area is 270 Å². The van der Waals surface area contributed by atoms with Gasteiger partial charge in [0.15, 0.2) is 0 Å². The molecule has 256 valence electrons. The first-order chi connectivity index (χ1) is 22.3. The molecule has 5 N–H and O–H groups in total. The summed E-state index contributed by atoms with van der Waals surface area (Å²) in [6, 6.07) is 6.22. The van der Waals surface area contributed by atoms with Crippen molar-refractivity contribution in [2.24, 2.45) is 0 Å². The first-order valence-electron chi connectivity index (χ1n) is 15.0. The molecule has 1 atom stereocenters. The average Bonchev–Trinajstić information content (AvgIpc) is 3.30. The number of carboxylic acids is 4. The summed E-state index contributed by atoms with van der Waals surface area (Å²) >= 11 is 0. The van der Waals surface area contributed by atoms with Gasteiger partial charge in [0.1, 0.15) is 0 Å². The lowest BCUT2D eigenvalue weighted by Crippen LogP contribution is -2.53. The van der Waals surface area contributed by atoms with Crippen molar-refractivity contribution in [1.29, 1.82) is 0 Å². The van der Waals surface area contributed by atoms with E-state index in [4.69, 9.17) is 0 Å². The van der Waals surface area contributed by atoms with Gasteiger partial charge in [-0.2, -0.15) is 0 Å². The summed E-state index contributed by atoms with van der Waals surface area (Å²) in [4.78, 5) is 90.1. The van der Waals surface area contributed by atoms with E-state index in [1.165, 1.54) is 0 Å². The van der Waals surface area contributed by atoms with Crippen LogP contribution in [0.3, 0.4) is 0 Å². The van der Waals surface area contributed by atoms with E-state index in [0.717, 1.165) is 22.6 Å². The minimum Gasteiger partial charge on any atom is -0.480 e. The lowest BCUT2D eigenvalue weighted by molar-refractivity contribution is -0.142. The largest absolute Gasteiger partial charge is 0.480 e. The molecule has 0 radical (unpaired) electrons. The molecule has 3 amide bonds. The quantitative estimate of drug-likeness (QED) is 0.142. The number of anilines is 1. The predicted octanol–water partition coefficient (Wildman–Crippen LogP) is -1.59. The van der Waals surface area contributed by atoms with Gasteiger partial charge in [0, 0.05) is 82.7 Å². The van der Waals surface area contributed by atoms with Gasteiger partial charge in [0.05, 0.1) is 26.2 Å². The van der Waals surface area contributed by atoms with E-state index in [1.54, 1.807) is 43.9 Å². The topological polar surface area (TPSA) is 229 Å². The minimum atomic E-state index is -1.12. The second-order valence-corrected chi connectivity index (χ2v) is 11.3. The number of carboxylic acid groups (broad SMARTS) is 4. The Hall–Kier alpha value is -4.71. The van der Waals surface area contributed by atoms with Crippen LogP contribution in [0.4, 0.5) is 5.69 Å². The summed E-state index contributed by atoms with van der Waals surface area (Å²) in [6.07, 6.45) is 2.46. The smallest absolute Gasteiger partial charge is 0.317 e. The van der Waals surface area contributed by atoms with Crippen molar-refractivity contribution in [1.82, 2.24) is 24.5 Å². The van der Waals surface area contributed by atoms with Gasteiger partial charge >= 0.3 is 23.9 Å². The van der Waals surface area contributed by atoms with Crippen LogP contribution in [-0.4, -0.2) is 171 Å². The van der Waals surface area contributed by atoms with Crippen molar-refractivity contribution >= 4 is 47.3 Å². The zero-order chi connectivity index (χ0) is 34.5. The highest BCUT2D eigenvalue weighted by Gasteiger charge is 2.28. The summed E-state index contributed by atoms with van der Waals surface area (Å²) < 4.78 is 0. The molecule has 0 spiro atoms. The van der Waals surface area contributed by atoms with Crippen LogP contribution in [0.5, 0.6) is 0 Å². The fraction of sp³-hybridized carbons (Fsp3) is 0.500. The van der Waals surface area contributed by atoms with Crippen LogP contribution in [0.15, 0.2) is 36.4 Å². The third kappa shape index (κ3) is 12.9. The Balaban J connectivity index is 1.79. The van der Waals surface area contributed by atoms with E-state index in [2.05, 4.69) is 5.32 Å². The third-order valence-electron chi connectivity index (χ3n) is 7.74. The Morgan fingerprint density at radius 2 is 1.13 bits per heavy atom. The highest BCUT2D eigenvalue weighted by Crippen LogP contribution is 2.16. The number of hydrogen-bond acceptors (Lipinski definition) is 11. The van der Waals surface area contributed by atoms with Crippen LogP contribution in [-0.2, 0) is 40.0 Å². The van der Waals surface area contributed by atoms with Crippen molar-refractivity contribution in [3.63, 3.8) is 0 Å². The molecule has 17 nitrogen and oxygen atoms in total. The normalized spacial score (nSPS) is 19.2. The third-order valence-corrected chi connectivity index (χ3v) is 7.74. The molecule has 0 aliphatic carbocycles. The maximum absolute atomic E-state index is 12.4. The maximum atomic E-state index is 12.4. The molecule has 1 aromatic carbocycles. The molecular formula is C30H40N6O11. The minimum absolute atomic E-state index is 0.0690. The van der Waals surface area contributed by atoms with Crippen molar-refractivity contribution < 1.29 is 54.0 Å². The van der Waals surface area contributed by atoms with Crippen molar-refractivity contribution in [2.45, 2.75) is 18.9 Å². The van der Waals surface area contributed by atoms with Gasteiger partial charge in [0.2, 0.25) is 5.91 Å². The number of nitrogens with one attached hydrogen (secondary N) is 1. The summed E-state index contributed by atoms with van der Waals surface area (Å²) in [7, 11) is 0. The SMILES string of the molecule is O=C(O)CN1CCN(CC(=O)O)CCN(CC(=O)O)C(Cc2ccc(NC(=O)CCN3C(=O)C=CC3=O)cc2)CN(CC(=O)O)CC1. The molecule has 17 heteroatoms. The Morgan fingerprint density at radius 1 is 0.660 bits per heavy atom. The van der Waals surface area contributed by atoms with Gasteiger partial charge in [-0.3, -0.25) is 58.1 Å². The van der Waals surface area contributed by atoms with E-state index in [1.807, 2.05) is 0 Å². The number of carbonyl (C=O) groups excluding carboxylic acids is 3. The summed E-state index contributed by atoms with van der Waals surface area (Å²) in [5.74, 6) is -5.76. The second-order valence-electron chi connectivity index (χ2n) is 11.3. The van der Waals surface area contributed by atoms with E-state index in [0.29, 0.717) is 5.69 Å². The van der Waals surface area contributed by atoms with Crippen LogP contribution in [0.25, 0.3) is 0 Å². The zero-order valence-corrected chi connectivity index (χ0v) is 25.8. The van der Waals surface area contributed by atoms with E-state index < -0.39 is 47.6 Å². The van der Waals surface area contributed by atoms with Crippen LogP contribution in [0.1, 0.15) is 12.0 Å². The van der Waals surface area contributed by atoms with Gasteiger partial charge in [0.25, 0.3) is 11.8 Å². The van der Waals surface area contributed by atoms with Crippen LogP contribution < -0.4 is 5.32 Å². The van der Waals surface area contributed by atoms with Gasteiger partial charge in [-0.1, -0.05) is 12.1 Å². The molecule has 0 aromatic heterocycles. The first-order valence-corrected chi connectivity index (χ1v) is 15.0. The van der Waals surface area contributed by atoms with Gasteiger partial charge < -0.3 is 25.7 Å². The number of hydrogen-bond donors (Lipinski definition) is 5. The van der Waals surface area contributed by atoms with Crippen LogP contribution >= 0.6 is 0 Å². The molecule has 1 unspecified atom stereocenters. The van der Waals surface area contributed by atoms with Crippen LogP contribution in [0, 0.1) is 0 Å². The monoisotopic (exact) mass is 660 g/mol. The molecule has 1 saturated heterocycles. The van der Waals surface area contributed by atoms with Gasteiger partial charge in [-0.15, -0.1) is 0 Å². The molecule has 0 bridgehead atoms. The number of carbonyl (C=O) groups is 7. The molecule has 0 saturated carbocycles. The summed E-state index contributed by atoms with van der Waals surface area (Å²) in [6.45, 7) is -0.221. The number of rotatable bonds is 14. The standard InChI is InChI=1S/C30H40N6O11/c37-24(7-8-36-25(38)5-6-26(36)39)31-22-3-1-21(2-4-22)15-23-16-34(19-29(44)45)12-11-32(17-27(40)41)9-10-33(18-28(42)43)13-14-35(23)20-30(46)47/h1-6,23H,7-20H2,(H,31,37)(H,40,41)(H,42,43)(H,44,45)(H,46,47). The fourth-order valence-corrected chi connectivity index (χ4v) is 5.44. The molecule has 1 aromatic rings. The van der Waals surface area contributed by atoms with E-state index in [-0.39, 0.29) is 91.4 Å². The Morgan fingerprint density at radius 3 is 1.64 bits per heavy atom. The first kappa shape index (κ1) is 36.8. The van der Waals surface area contributed by atoms with Crippen LogP contribution in [0.2, 0.25) is 0 Å². The number of amides is 3. The van der Waals surface area contributed by atoms with Crippen molar-refractivity contribution in [3.05, 3.63) is 42.0 Å².